The number of hydrogen-bond acceptors (Lipinski definition) is 4. The monoisotopic (exact) mass is 484 g/mol. The van der Waals surface area contributed by atoms with Crippen LogP contribution in [0.5, 0.6) is 11.5 Å². The molecule has 0 bridgehead atoms. The Morgan fingerprint density at radius 2 is 1.53 bits per heavy atom. The second kappa shape index (κ2) is 11.4. The number of unbranched alkanes of at least 4 members (excludes halogenated alkanes) is 3. The van der Waals surface area contributed by atoms with E-state index in [1.54, 1.807) is 7.11 Å². The van der Waals surface area contributed by atoms with Crippen LogP contribution in [0.25, 0.3) is 22.3 Å². The largest absolute Gasteiger partial charge is 0.497 e. The quantitative estimate of drug-likeness (QED) is 0.227. The van der Waals surface area contributed by atoms with Gasteiger partial charge in [-0.2, -0.15) is 0 Å². The smallest absolute Gasteiger partial charge is 0.261 e. The van der Waals surface area contributed by atoms with Gasteiger partial charge in [-0.3, -0.25) is 9.36 Å². The molecule has 5 nitrogen and oxygen atoms in total. The summed E-state index contributed by atoms with van der Waals surface area (Å²) in [7, 11) is 1.65. The van der Waals surface area contributed by atoms with Crippen molar-refractivity contribution in [3.8, 4) is 22.9 Å². The van der Waals surface area contributed by atoms with E-state index in [0.29, 0.717) is 24.4 Å². The summed E-state index contributed by atoms with van der Waals surface area (Å²) < 4.78 is 13.2. The first-order chi connectivity index (χ1) is 17.4. The second-order valence-corrected chi connectivity index (χ2v) is 10.1. The Morgan fingerprint density at radius 3 is 2.28 bits per heavy atom. The number of hydrogen-bond donors (Lipinski definition) is 0. The van der Waals surface area contributed by atoms with E-state index < -0.39 is 0 Å². The molecule has 0 N–H and O–H groups in total. The Labute approximate surface area is 213 Å². The van der Waals surface area contributed by atoms with Gasteiger partial charge >= 0.3 is 0 Å². The second-order valence-electron chi connectivity index (χ2n) is 10.1. The zero-order valence-electron chi connectivity index (χ0n) is 21.8. The summed E-state index contributed by atoms with van der Waals surface area (Å²) in [6.07, 6.45) is 3.95. The highest BCUT2D eigenvalue weighted by atomic mass is 16.5. The number of para-hydroxylation sites is 2. The van der Waals surface area contributed by atoms with Crippen LogP contribution >= 0.6 is 0 Å². The fourth-order valence-electron chi connectivity index (χ4n) is 4.46. The lowest BCUT2D eigenvalue weighted by molar-refractivity contribution is 0.296. The first-order valence-electron chi connectivity index (χ1n) is 12.7. The number of aromatic nitrogens is 2. The highest BCUT2D eigenvalue weighted by molar-refractivity contribution is 5.79. The van der Waals surface area contributed by atoms with Crippen molar-refractivity contribution >= 4 is 10.9 Å². The Bertz CT molecular complexity index is 1350. The molecule has 188 valence electrons. The summed E-state index contributed by atoms with van der Waals surface area (Å²) in [6, 6.07) is 23.6. The van der Waals surface area contributed by atoms with Gasteiger partial charge in [0.15, 0.2) is 0 Å². The zero-order valence-corrected chi connectivity index (χ0v) is 21.8. The fourth-order valence-corrected chi connectivity index (χ4v) is 4.46. The predicted molar refractivity (Wildman–Crippen MR) is 147 cm³/mol. The van der Waals surface area contributed by atoms with Crippen LogP contribution in [-0.4, -0.2) is 23.3 Å². The van der Waals surface area contributed by atoms with E-state index in [2.05, 4.69) is 39.0 Å². The number of methoxy groups -OCH3 is 1. The van der Waals surface area contributed by atoms with Crippen molar-refractivity contribution in [3.05, 3.63) is 88.7 Å². The molecule has 0 aliphatic carbocycles. The van der Waals surface area contributed by atoms with Crippen LogP contribution in [0.4, 0.5) is 0 Å². The van der Waals surface area contributed by atoms with E-state index in [1.807, 2.05) is 59.2 Å². The van der Waals surface area contributed by atoms with Crippen molar-refractivity contribution in [2.45, 2.75) is 58.4 Å². The Hall–Kier alpha value is -3.60. The highest BCUT2D eigenvalue weighted by Gasteiger charge is 2.18. The molecule has 0 aliphatic heterocycles. The normalized spacial score (nSPS) is 11.6. The standard InChI is InChI=1S/C31H36N2O3/c1-31(2,3)26-14-8-10-16-28(26)36-22-12-6-5-11-21-33-29(23-17-19-24(35-4)20-18-23)32-27-15-9-7-13-25(27)30(33)34/h7-10,13-20H,5-6,11-12,21-22H2,1-4H3. The summed E-state index contributed by atoms with van der Waals surface area (Å²) >= 11 is 0. The summed E-state index contributed by atoms with van der Waals surface area (Å²) in [5.41, 5.74) is 2.92. The van der Waals surface area contributed by atoms with Gasteiger partial charge in [0.25, 0.3) is 5.56 Å². The SMILES string of the molecule is COc1ccc(-c2nc3ccccc3c(=O)n2CCCCCCOc2ccccc2C(C)(C)C)cc1. The van der Waals surface area contributed by atoms with Crippen molar-refractivity contribution < 1.29 is 9.47 Å². The summed E-state index contributed by atoms with van der Waals surface area (Å²) in [4.78, 5) is 18.2. The maximum Gasteiger partial charge on any atom is 0.261 e. The van der Waals surface area contributed by atoms with Crippen LogP contribution in [0.3, 0.4) is 0 Å². The molecule has 0 unspecified atom stereocenters. The molecule has 0 radical (unpaired) electrons. The molecule has 0 spiro atoms. The van der Waals surface area contributed by atoms with Crippen LogP contribution in [0, 0.1) is 0 Å². The first-order valence-corrected chi connectivity index (χ1v) is 12.7. The van der Waals surface area contributed by atoms with E-state index in [4.69, 9.17) is 14.5 Å². The number of fused-ring (bicyclic) bond motifs is 1. The lowest BCUT2D eigenvalue weighted by Gasteiger charge is -2.22. The predicted octanol–water partition coefficient (Wildman–Crippen LogP) is 7.01. The molecule has 0 atom stereocenters. The van der Waals surface area contributed by atoms with Gasteiger partial charge < -0.3 is 9.47 Å². The van der Waals surface area contributed by atoms with Gasteiger partial charge in [0, 0.05) is 12.1 Å². The molecule has 36 heavy (non-hydrogen) atoms. The van der Waals surface area contributed by atoms with Crippen LogP contribution in [0.2, 0.25) is 0 Å². The Morgan fingerprint density at radius 1 is 0.833 bits per heavy atom. The molecular weight excluding hydrogens is 448 g/mol. The lowest BCUT2D eigenvalue weighted by Crippen LogP contribution is -2.23. The molecule has 0 saturated heterocycles. The summed E-state index contributed by atoms with van der Waals surface area (Å²) in [6.45, 7) is 7.95. The fraction of sp³-hybridized carbons (Fsp3) is 0.355. The van der Waals surface area contributed by atoms with Gasteiger partial charge in [0.1, 0.15) is 17.3 Å². The van der Waals surface area contributed by atoms with Crippen molar-refractivity contribution in [3.63, 3.8) is 0 Å². The molecule has 4 rings (SSSR count). The molecule has 0 amide bonds. The third kappa shape index (κ3) is 5.96. The molecule has 4 aromatic rings. The van der Waals surface area contributed by atoms with Gasteiger partial charge in [0.2, 0.25) is 0 Å². The third-order valence-electron chi connectivity index (χ3n) is 6.44. The number of ether oxygens (including phenoxy) is 2. The topological polar surface area (TPSA) is 53.3 Å². The van der Waals surface area contributed by atoms with Crippen LogP contribution < -0.4 is 15.0 Å². The minimum atomic E-state index is 0.00791. The van der Waals surface area contributed by atoms with Gasteiger partial charge in [-0.05, 0) is 66.3 Å². The van der Waals surface area contributed by atoms with E-state index in [-0.39, 0.29) is 11.0 Å². The van der Waals surface area contributed by atoms with Gasteiger partial charge in [-0.1, -0.05) is 63.9 Å². The number of benzene rings is 3. The van der Waals surface area contributed by atoms with Crippen LogP contribution in [0.1, 0.15) is 52.0 Å². The average Bonchev–Trinajstić information content (AvgIpc) is 2.89. The van der Waals surface area contributed by atoms with E-state index in [1.165, 1.54) is 5.56 Å². The summed E-state index contributed by atoms with van der Waals surface area (Å²) in [5, 5.41) is 0.653. The Balaban J connectivity index is 1.39. The van der Waals surface area contributed by atoms with E-state index in [9.17, 15) is 4.79 Å². The van der Waals surface area contributed by atoms with Crippen molar-refractivity contribution in [2.75, 3.05) is 13.7 Å². The minimum absolute atomic E-state index is 0.00791. The van der Waals surface area contributed by atoms with Gasteiger partial charge in [-0.15, -0.1) is 0 Å². The van der Waals surface area contributed by atoms with Crippen molar-refractivity contribution in [1.82, 2.24) is 9.55 Å². The third-order valence-corrected chi connectivity index (χ3v) is 6.44. The minimum Gasteiger partial charge on any atom is -0.497 e. The van der Waals surface area contributed by atoms with Crippen molar-refractivity contribution in [2.24, 2.45) is 0 Å². The van der Waals surface area contributed by atoms with Gasteiger partial charge in [0.05, 0.1) is 24.6 Å². The number of rotatable bonds is 10. The van der Waals surface area contributed by atoms with Gasteiger partial charge in [-0.25, -0.2) is 4.98 Å². The molecule has 1 heterocycles. The molecule has 5 heteroatoms. The summed E-state index contributed by atoms with van der Waals surface area (Å²) in [5.74, 6) is 2.45. The zero-order chi connectivity index (χ0) is 25.5. The van der Waals surface area contributed by atoms with Crippen LogP contribution in [0.15, 0.2) is 77.6 Å². The first kappa shape index (κ1) is 25.5. The molecule has 3 aromatic carbocycles. The highest BCUT2D eigenvalue weighted by Crippen LogP contribution is 2.31. The maximum atomic E-state index is 13.4. The molecule has 0 fully saturated rings. The van der Waals surface area contributed by atoms with Crippen molar-refractivity contribution in [1.29, 1.82) is 0 Å². The Kier molecular flexibility index (Phi) is 8.09. The number of nitrogens with zero attached hydrogens (tertiary/aromatic N) is 2. The molecule has 1 aromatic heterocycles. The molecule has 0 aliphatic rings. The lowest BCUT2D eigenvalue weighted by atomic mass is 9.86. The molecular formula is C31H36N2O3. The maximum absolute atomic E-state index is 13.4. The molecule has 0 saturated carbocycles. The van der Waals surface area contributed by atoms with E-state index in [0.717, 1.165) is 48.3 Å². The van der Waals surface area contributed by atoms with E-state index >= 15 is 0 Å². The van der Waals surface area contributed by atoms with Crippen LogP contribution in [-0.2, 0) is 12.0 Å². The average molecular weight is 485 g/mol.